The molecule has 8 heteroatoms. The molecule has 0 spiro atoms. The molecule has 0 fully saturated rings. The number of aromatic hydroxyl groups is 2. The molecule has 0 aliphatic carbocycles. The third-order valence-electron chi connectivity index (χ3n) is 2.89. The maximum Gasteiger partial charge on any atom is 0.263 e. The first-order chi connectivity index (χ1) is 10.5. The number of nitrogens with one attached hydrogen (secondary N) is 1. The van der Waals surface area contributed by atoms with Crippen LogP contribution in [0.15, 0.2) is 30.3 Å². The van der Waals surface area contributed by atoms with Crippen molar-refractivity contribution in [2.24, 2.45) is 0 Å². The lowest BCUT2D eigenvalue weighted by atomic mass is 10.1. The molecule has 0 atom stereocenters. The Bertz CT molecular complexity index is 895. The van der Waals surface area contributed by atoms with E-state index in [1.54, 1.807) is 6.07 Å². The fourth-order valence-electron chi connectivity index (χ4n) is 1.88. The number of benzene rings is 2. The molecule has 1 amide bonds. The van der Waals surface area contributed by atoms with E-state index in [9.17, 15) is 23.8 Å². The fraction of sp³-hybridized carbons (Fsp3) is 0. The van der Waals surface area contributed by atoms with Crippen molar-refractivity contribution in [1.29, 1.82) is 0 Å². The van der Waals surface area contributed by atoms with Crippen molar-refractivity contribution in [2.45, 2.75) is 0 Å². The second-order valence-corrected chi connectivity index (χ2v) is 5.41. The molecule has 1 aromatic heterocycles. The lowest BCUT2D eigenvalue weighted by Crippen LogP contribution is -2.15. The highest BCUT2D eigenvalue weighted by molar-refractivity contribution is 7.22. The maximum atomic E-state index is 13.7. The molecular weight excluding hydrogens is 314 g/mol. The van der Waals surface area contributed by atoms with E-state index in [1.165, 1.54) is 12.1 Å². The number of amides is 1. The summed E-state index contributed by atoms with van der Waals surface area (Å²) < 4.78 is 27.9. The summed E-state index contributed by atoms with van der Waals surface area (Å²) in [5.74, 6) is -4.27. The number of halogens is 2. The Balaban J connectivity index is 1.95. The number of phenolic OH excluding ortho intramolecular Hbond substituents is 2. The largest absolute Gasteiger partial charge is 0.508 e. The SMILES string of the molecule is O=C(Nc1nc2ccc(O)cc2s1)c1c(F)ccc(O)c1F. The number of aromatic nitrogens is 1. The van der Waals surface area contributed by atoms with Crippen LogP contribution in [0.25, 0.3) is 10.2 Å². The third-order valence-corrected chi connectivity index (χ3v) is 3.82. The lowest BCUT2D eigenvalue weighted by molar-refractivity contribution is 0.101. The molecule has 3 aromatic rings. The minimum atomic E-state index is -1.34. The molecule has 3 N–H and O–H groups in total. The van der Waals surface area contributed by atoms with Gasteiger partial charge in [0.15, 0.2) is 16.7 Å². The highest BCUT2D eigenvalue weighted by Crippen LogP contribution is 2.30. The van der Waals surface area contributed by atoms with E-state index in [4.69, 9.17) is 0 Å². The van der Waals surface area contributed by atoms with Gasteiger partial charge >= 0.3 is 0 Å². The Morgan fingerprint density at radius 2 is 1.95 bits per heavy atom. The van der Waals surface area contributed by atoms with Gasteiger partial charge in [-0.2, -0.15) is 0 Å². The minimum absolute atomic E-state index is 0.0408. The predicted octanol–water partition coefficient (Wildman–Crippen LogP) is 3.24. The number of phenols is 2. The van der Waals surface area contributed by atoms with Crippen LogP contribution in [-0.4, -0.2) is 21.1 Å². The van der Waals surface area contributed by atoms with Crippen molar-refractivity contribution in [3.05, 3.63) is 47.5 Å². The number of hydrogen-bond donors (Lipinski definition) is 3. The van der Waals surface area contributed by atoms with Gasteiger partial charge in [-0.1, -0.05) is 11.3 Å². The summed E-state index contributed by atoms with van der Waals surface area (Å²) in [6.07, 6.45) is 0. The van der Waals surface area contributed by atoms with Crippen LogP contribution in [0.2, 0.25) is 0 Å². The van der Waals surface area contributed by atoms with Crippen LogP contribution in [0, 0.1) is 11.6 Å². The standard InChI is InChI=1S/C14H8F2N2O3S/c15-7-2-4-9(20)12(16)11(7)13(21)18-14-17-8-3-1-6(19)5-10(8)22-14/h1-5,19-20H,(H,17,18,21). The van der Waals surface area contributed by atoms with E-state index in [1.807, 2.05) is 0 Å². The number of nitrogens with zero attached hydrogens (tertiary/aromatic N) is 1. The average Bonchev–Trinajstić information content (AvgIpc) is 2.84. The zero-order chi connectivity index (χ0) is 15.9. The predicted molar refractivity (Wildman–Crippen MR) is 77.3 cm³/mol. The van der Waals surface area contributed by atoms with Crippen LogP contribution in [0.5, 0.6) is 11.5 Å². The minimum Gasteiger partial charge on any atom is -0.508 e. The molecule has 0 saturated carbocycles. The van der Waals surface area contributed by atoms with Gasteiger partial charge in [0.2, 0.25) is 0 Å². The maximum absolute atomic E-state index is 13.7. The Morgan fingerprint density at radius 3 is 2.73 bits per heavy atom. The van der Waals surface area contributed by atoms with Crippen molar-refractivity contribution in [1.82, 2.24) is 4.98 Å². The quantitative estimate of drug-likeness (QED) is 0.676. The zero-order valence-electron chi connectivity index (χ0n) is 10.8. The average molecular weight is 322 g/mol. The molecule has 0 bridgehead atoms. The van der Waals surface area contributed by atoms with Crippen molar-refractivity contribution in [3.8, 4) is 11.5 Å². The van der Waals surface area contributed by atoms with Crippen LogP contribution in [0.1, 0.15) is 10.4 Å². The van der Waals surface area contributed by atoms with Gasteiger partial charge in [-0.3, -0.25) is 10.1 Å². The van der Waals surface area contributed by atoms with Gasteiger partial charge in [-0.05, 0) is 30.3 Å². The smallest absolute Gasteiger partial charge is 0.263 e. The van der Waals surface area contributed by atoms with E-state index >= 15 is 0 Å². The Morgan fingerprint density at radius 1 is 1.18 bits per heavy atom. The summed E-state index contributed by atoms with van der Waals surface area (Å²) in [7, 11) is 0. The monoisotopic (exact) mass is 322 g/mol. The van der Waals surface area contributed by atoms with Gasteiger partial charge < -0.3 is 10.2 Å². The van der Waals surface area contributed by atoms with Gasteiger partial charge in [-0.25, -0.2) is 13.8 Å². The first-order valence-electron chi connectivity index (χ1n) is 6.03. The van der Waals surface area contributed by atoms with Crippen LogP contribution < -0.4 is 5.32 Å². The first kappa shape index (κ1) is 14.2. The number of carbonyl (C=O) groups excluding carboxylic acids is 1. The van der Waals surface area contributed by atoms with Gasteiger partial charge in [0.05, 0.1) is 10.2 Å². The summed E-state index contributed by atoms with van der Waals surface area (Å²) >= 11 is 1.04. The van der Waals surface area contributed by atoms with E-state index < -0.39 is 28.9 Å². The first-order valence-corrected chi connectivity index (χ1v) is 6.85. The summed E-state index contributed by atoms with van der Waals surface area (Å²) in [6, 6.07) is 6.05. The molecule has 112 valence electrons. The van der Waals surface area contributed by atoms with Crippen LogP contribution >= 0.6 is 11.3 Å². The fourth-order valence-corrected chi connectivity index (χ4v) is 2.77. The Labute approximate surface area is 126 Å². The highest BCUT2D eigenvalue weighted by Gasteiger charge is 2.21. The van der Waals surface area contributed by atoms with Crippen LogP contribution in [0.3, 0.4) is 0 Å². The number of rotatable bonds is 2. The third kappa shape index (κ3) is 2.44. The number of hydrogen-bond acceptors (Lipinski definition) is 5. The molecule has 1 heterocycles. The van der Waals surface area contributed by atoms with Crippen molar-refractivity contribution in [2.75, 3.05) is 5.32 Å². The number of fused-ring (bicyclic) bond motifs is 1. The van der Waals surface area contributed by atoms with Crippen LogP contribution in [-0.2, 0) is 0 Å². The summed E-state index contributed by atoms with van der Waals surface area (Å²) in [6.45, 7) is 0. The van der Waals surface area contributed by atoms with Crippen molar-refractivity contribution < 1.29 is 23.8 Å². The van der Waals surface area contributed by atoms with Gasteiger partial charge in [0, 0.05) is 0 Å². The van der Waals surface area contributed by atoms with Gasteiger partial charge in [0.1, 0.15) is 17.1 Å². The molecule has 0 unspecified atom stereocenters. The van der Waals surface area contributed by atoms with Gasteiger partial charge in [-0.15, -0.1) is 0 Å². The number of thiazole rings is 1. The topological polar surface area (TPSA) is 82.5 Å². The van der Waals surface area contributed by atoms with Crippen molar-refractivity contribution >= 4 is 32.6 Å². The second kappa shape index (κ2) is 5.23. The summed E-state index contributed by atoms with van der Waals surface area (Å²) in [4.78, 5) is 16.0. The second-order valence-electron chi connectivity index (χ2n) is 4.38. The molecule has 0 aliphatic rings. The Hall–Kier alpha value is -2.74. The normalized spacial score (nSPS) is 10.8. The molecule has 2 aromatic carbocycles. The zero-order valence-corrected chi connectivity index (χ0v) is 11.6. The molecule has 0 aliphatic heterocycles. The van der Waals surface area contributed by atoms with E-state index in [0.717, 1.165) is 23.5 Å². The number of anilines is 1. The molecule has 0 radical (unpaired) electrons. The summed E-state index contributed by atoms with van der Waals surface area (Å²) in [5.41, 5.74) is -0.364. The molecular formula is C14H8F2N2O3S. The van der Waals surface area contributed by atoms with E-state index in [0.29, 0.717) is 10.2 Å². The van der Waals surface area contributed by atoms with Gasteiger partial charge in [0.25, 0.3) is 5.91 Å². The van der Waals surface area contributed by atoms with Crippen LogP contribution in [0.4, 0.5) is 13.9 Å². The van der Waals surface area contributed by atoms with E-state index in [2.05, 4.69) is 10.3 Å². The Kier molecular flexibility index (Phi) is 3.38. The number of carbonyl (C=O) groups is 1. The molecule has 0 saturated heterocycles. The molecule has 22 heavy (non-hydrogen) atoms. The highest BCUT2D eigenvalue weighted by atomic mass is 32.1. The summed E-state index contributed by atoms with van der Waals surface area (Å²) in [5, 5.41) is 21.0. The molecule has 5 nitrogen and oxygen atoms in total. The van der Waals surface area contributed by atoms with E-state index in [-0.39, 0.29) is 10.9 Å². The molecule has 3 rings (SSSR count). The van der Waals surface area contributed by atoms with Crippen molar-refractivity contribution in [3.63, 3.8) is 0 Å². The lowest BCUT2D eigenvalue weighted by Gasteiger charge is -2.05.